The highest BCUT2D eigenvalue weighted by molar-refractivity contribution is 14.0. The first-order valence-electron chi connectivity index (χ1n) is 9.14. The third-order valence-electron chi connectivity index (χ3n) is 3.85. The summed E-state index contributed by atoms with van der Waals surface area (Å²) in [6.07, 6.45) is 1.74. The summed E-state index contributed by atoms with van der Waals surface area (Å²) in [5, 5.41) is 9.34. The fourth-order valence-corrected chi connectivity index (χ4v) is 2.51. The van der Waals surface area contributed by atoms with Gasteiger partial charge in [-0.2, -0.15) is 0 Å². The minimum atomic E-state index is -0.0683. The lowest BCUT2D eigenvalue weighted by Crippen LogP contribution is -2.39. The first-order chi connectivity index (χ1) is 12.8. The summed E-state index contributed by atoms with van der Waals surface area (Å²) in [5.74, 6) is 0.600. The molecule has 27 heavy (non-hydrogen) atoms. The largest absolute Gasteiger partial charge is 0.357 e. The quantitative estimate of drug-likeness (QED) is 0.294. The molecule has 3 N–H and O–H groups in total. The van der Waals surface area contributed by atoms with Crippen LogP contribution in [0.5, 0.6) is 0 Å². The van der Waals surface area contributed by atoms with Crippen LogP contribution in [-0.4, -0.2) is 38.0 Å². The molecule has 0 fully saturated rings. The summed E-state index contributed by atoms with van der Waals surface area (Å²) in [7, 11) is 0. The highest BCUT2D eigenvalue weighted by Gasteiger charge is 2.02. The van der Waals surface area contributed by atoms with Gasteiger partial charge in [-0.05, 0) is 30.9 Å². The van der Waals surface area contributed by atoms with Crippen molar-refractivity contribution in [1.29, 1.82) is 0 Å². The highest BCUT2D eigenvalue weighted by atomic mass is 127. The van der Waals surface area contributed by atoms with E-state index >= 15 is 0 Å². The standard InChI is InChI=1S/C21H28N4O.HI/c1-2-22-21(24-16-14-19-11-7-4-8-12-19)25-17-20(26)23-15-13-18-9-5-3-6-10-18;/h3-12H,2,13-17H2,1H3,(H,23,26)(H2,22,24,25);1H. The van der Waals surface area contributed by atoms with E-state index in [0.717, 1.165) is 25.9 Å². The topological polar surface area (TPSA) is 65.5 Å². The van der Waals surface area contributed by atoms with Crippen molar-refractivity contribution in [3.8, 4) is 0 Å². The zero-order valence-corrected chi connectivity index (χ0v) is 18.1. The molecule has 0 spiro atoms. The van der Waals surface area contributed by atoms with E-state index in [-0.39, 0.29) is 36.4 Å². The number of hydrogen-bond acceptors (Lipinski definition) is 2. The molecule has 1 amide bonds. The van der Waals surface area contributed by atoms with Crippen LogP contribution in [0.4, 0.5) is 0 Å². The zero-order chi connectivity index (χ0) is 18.5. The SMILES string of the molecule is CCNC(=NCC(=O)NCCc1ccccc1)NCCc1ccccc1.I. The molecule has 0 aliphatic heterocycles. The van der Waals surface area contributed by atoms with Gasteiger partial charge in [0.2, 0.25) is 5.91 Å². The lowest BCUT2D eigenvalue weighted by Gasteiger charge is -2.11. The van der Waals surface area contributed by atoms with E-state index in [9.17, 15) is 4.79 Å². The third kappa shape index (κ3) is 9.98. The molecule has 0 radical (unpaired) electrons. The molecule has 0 aliphatic carbocycles. The molecular weight excluding hydrogens is 451 g/mol. The lowest BCUT2D eigenvalue weighted by molar-refractivity contribution is -0.119. The number of hydrogen-bond donors (Lipinski definition) is 3. The maximum Gasteiger partial charge on any atom is 0.241 e. The molecule has 0 saturated carbocycles. The van der Waals surface area contributed by atoms with Crippen LogP contribution in [-0.2, 0) is 17.6 Å². The molecule has 0 bridgehead atoms. The minimum Gasteiger partial charge on any atom is -0.357 e. The van der Waals surface area contributed by atoms with E-state index in [1.54, 1.807) is 0 Å². The zero-order valence-electron chi connectivity index (χ0n) is 15.8. The average Bonchev–Trinajstić information content (AvgIpc) is 2.68. The van der Waals surface area contributed by atoms with Crippen molar-refractivity contribution in [2.24, 2.45) is 4.99 Å². The number of rotatable bonds is 9. The van der Waals surface area contributed by atoms with E-state index in [4.69, 9.17) is 0 Å². The van der Waals surface area contributed by atoms with Crippen molar-refractivity contribution >= 4 is 35.8 Å². The van der Waals surface area contributed by atoms with Gasteiger partial charge in [-0.25, -0.2) is 4.99 Å². The number of halogens is 1. The number of carbonyl (C=O) groups is 1. The van der Waals surface area contributed by atoms with E-state index in [1.807, 2.05) is 43.3 Å². The molecule has 2 rings (SSSR count). The van der Waals surface area contributed by atoms with Crippen LogP contribution in [0.15, 0.2) is 65.7 Å². The fourth-order valence-electron chi connectivity index (χ4n) is 2.51. The molecule has 0 unspecified atom stereocenters. The highest BCUT2D eigenvalue weighted by Crippen LogP contribution is 1.99. The fraction of sp³-hybridized carbons (Fsp3) is 0.333. The van der Waals surface area contributed by atoms with Crippen molar-refractivity contribution in [2.75, 3.05) is 26.2 Å². The second-order valence-corrected chi connectivity index (χ2v) is 5.94. The summed E-state index contributed by atoms with van der Waals surface area (Å²) in [4.78, 5) is 16.3. The minimum absolute atomic E-state index is 0. The summed E-state index contributed by atoms with van der Waals surface area (Å²) in [6.45, 7) is 4.28. The van der Waals surface area contributed by atoms with E-state index in [0.29, 0.717) is 12.5 Å². The van der Waals surface area contributed by atoms with Gasteiger partial charge in [0.25, 0.3) is 0 Å². The molecule has 0 atom stereocenters. The van der Waals surface area contributed by atoms with Gasteiger partial charge in [0.1, 0.15) is 6.54 Å². The summed E-state index contributed by atoms with van der Waals surface area (Å²) >= 11 is 0. The number of benzene rings is 2. The molecule has 0 heterocycles. The number of nitrogens with zero attached hydrogens (tertiary/aromatic N) is 1. The molecule has 0 aromatic heterocycles. The van der Waals surface area contributed by atoms with Crippen LogP contribution < -0.4 is 16.0 Å². The third-order valence-corrected chi connectivity index (χ3v) is 3.85. The van der Waals surface area contributed by atoms with Gasteiger partial charge in [0.05, 0.1) is 0 Å². The number of aliphatic imine (C=N–C) groups is 1. The maximum absolute atomic E-state index is 12.0. The van der Waals surface area contributed by atoms with E-state index < -0.39 is 0 Å². The molecule has 0 aliphatic rings. The predicted octanol–water partition coefficient (Wildman–Crippen LogP) is 2.76. The van der Waals surface area contributed by atoms with E-state index in [1.165, 1.54) is 11.1 Å². The Bertz CT molecular complexity index is 677. The van der Waals surface area contributed by atoms with Gasteiger partial charge in [0, 0.05) is 19.6 Å². The lowest BCUT2D eigenvalue weighted by atomic mass is 10.1. The van der Waals surface area contributed by atoms with Gasteiger partial charge in [-0.3, -0.25) is 4.79 Å². The van der Waals surface area contributed by atoms with Crippen LogP contribution in [0.1, 0.15) is 18.1 Å². The van der Waals surface area contributed by atoms with Crippen LogP contribution in [0, 0.1) is 0 Å². The monoisotopic (exact) mass is 480 g/mol. The molecule has 2 aromatic carbocycles. The first kappa shape index (κ1) is 23.0. The number of guanidine groups is 1. The molecule has 5 nitrogen and oxygen atoms in total. The summed E-state index contributed by atoms with van der Waals surface area (Å²) < 4.78 is 0. The first-order valence-corrected chi connectivity index (χ1v) is 9.14. The summed E-state index contributed by atoms with van der Waals surface area (Å²) in [6, 6.07) is 20.4. The number of carbonyl (C=O) groups excluding carboxylic acids is 1. The Morgan fingerprint density at radius 1 is 0.815 bits per heavy atom. The van der Waals surface area contributed by atoms with Crippen molar-refractivity contribution in [2.45, 2.75) is 19.8 Å². The molecular formula is C21H29IN4O. The number of nitrogens with one attached hydrogen (secondary N) is 3. The smallest absolute Gasteiger partial charge is 0.241 e. The van der Waals surface area contributed by atoms with Gasteiger partial charge < -0.3 is 16.0 Å². The van der Waals surface area contributed by atoms with Crippen LogP contribution in [0.3, 0.4) is 0 Å². The van der Waals surface area contributed by atoms with Gasteiger partial charge in [-0.1, -0.05) is 60.7 Å². The average molecular weight is 480 g/mol. The van der Waals surface area contributed by atoms with Crippen LogP contribution in [0.2, 0.25) is 0 Å². The van der Waals surface area contributed by atoms with Crippen molar-refractivity contribution < 1.29 is 4.79 Å². The van der Waals surface area contributed by atoms with Gasteiger partial charge >= 0.3 is 0 Å². The molecule has 2 aromatic rings. The Morgan fingerprint density at radius 2 is 1.33 bits per heavy atom. The normalized spacial score (nSPS) is 10.6. The molecule has 6 heteroatoms. The summed E-state index contributed by atoms with van der Waals surface area (Å²) in [5.41, 5.74) is 2.49. The predicted molar refractivity (Wildman–Crippen MR) is 123 cm³/mol. The Morgan fingerprint density at radius 3 is 1.85 bits per heavy atom. The van der Waals surface area contributed by atoms with Gasteiger partial charge in [0.15, 0.2) is 5.96 Å². The van der Waals surface area contributed by atoms with Crippen molar-refractivity contribution in [3.63, 3.8) is 0 Å². The van der Waals surface area contributed by atoms with Crippen LogP contribution in [0.25, 0.3) is 0 Å². The van der Waals surface area contributed by atoms with Crippen LogP contribution >= 0.6 is 24.0 Å². The Labute approximate surface area is 179 Å². The van der Waals surface area contributed by atoms with Gasteiger partial charge in [-0.15, -0.1) is 24.0 Å². The Kier molecular flexibility index (Phi) is 11.9. The molecule has 146 valence electrons. The maximum atomic E-state index is 12.0. The number of amides is 1. The second-order valence-electron chi connectivity index (χ2n) is 5.94. The second kappa shape index (κ2) is 14.0. The van der Waals surface area contributed by atoms with E-state index in [2.05, 4.69) is 45.2 Å². The Hall–Kier alpha value is -2.09. The molecule has 0 saturated heterocycles. The van der Waals surface area contributed by atoms with Crippen molar-refractivity contribution in [1.82, 2.24) is 16.0 Å². The van der Waals surface area contributed by atoms with Crippen molar-refractivity contribution in [3.05, 3.63) is 71.8 Å². The Balaban J connectivity index is 0.00000364.